The van der Waals surface area contributed by atoms with Crippen LogP contribution in [0.5, 0.6) is 0 Å². The predicted octanol–water partition coefficient (Wildman–Crippen LogP) is -1.76. The lowest BCUT2D eigenvalue weighted by Gasteiger charge is -2.34. The molecule has 1 aliphatic heterocycles. The zero-order valence-electron chi connectivity index (χ0n) is 6.91. The first-order valence-electron chi connectivity index (χ1n) is 3.81. The van der Waals surface area contributed by atoms with E-state index >= 15 is 0 Å². The van der Waals surface area contributed by atoms with Crippen LogP contribution >= 0.6 is 0 Å². The Kier molecular flexibility index (Phi) is 2.66. The number of aliphatic hydroxyl groups is 2. The van der Waals surface area contributed by atoms with E-state index in [1.807, 2.05) is 0 Å². The Labute approximate surface area is 70.3 Å². The van der Waals surface area contributed by atoms with Crippen LogP contribution in [-0.2, 0) is 9.53 Å². The lowest BCUT2D eigenvalue weighted by Crippen LogP contribution is -2.59. The molecule has 5 heteroatoms. The van der Waals surface area contributed by atoms with Crippen molar-refractivity contribution in [3.63, 3.8) is 0 Å². The number of rotatable bonds is 1. The molecule has 0 aromatic rings. The van der Waals surface area contributed by atoms with E-state index < -0.39 is 17.7 Å². The number of nitrogens with one attached hydrogen (secondary N) is 1. The molecule has 5 nitrogen and oxygen atoms in total. The molecule has 0 spiro atoms. The Morgan fingerprint density at radius 2 is 2.42 bits per heavy atom. The molecule has 0 saturated carbocycles. The van der Waals surface area contributed by atoms with Crippen LogP contribution in [0.1, 0.15) is 6.42 Å². The van der Waals surface area contributed by atoms with Gasteiger partial charge in [0.25, 0.3) is 0 Å². The number of esters is 1. The average molecular weight is 175 g/mol. The van der Waals surface area contributed by atoms with Gasteiger partial charge in [-0.15, -0.1) is 0 Å². The molecule has 0 aliphatic carbocycles. The highest BCUT2D eigenvalue weighted by molar-refractivity contribution is 5.80. The first-order chi connectivity index (χ1) is 5.61. The molecule has 12 heavy (non-hydrogen) atoms. The molecule has 1 heterocycles. The van der Waals surface area contributed by atoms with Crippen LogP contribution in [0.3, 0.4) is 0 Å². The number of methoxy groups -OCH3 is 1. The van der Waals surface area contributed by atoms with Crippen molar-refractivity contribution in [3.8, 4) is 0 Å². The quantitative estimate of drug-likeness (QED) is 0.412. The van der Waals surface area contributed by atoms with Crippen LogP contribution in [-0.4, -0.2) is 48.1 Å². The van der Waals surface area contributed by atoms with Crippen LogP contribution in [0.2, 0.25) is 0 Å². The molecule has 0 aromatic heterocycles. The van der Waals surface area contributed by atoms with Gasteiger partial charge in [-0.05, 0) is 6.54 Å². The van der Waals surface area contributed by atoms with Crippen molar-refractivity contribution in [2.75, 3.05) is 20.2 Å². The van der Waals surface area contributed by atoms with Crippen molar-refractivity contribution in [1.29, 1.82) is 0 Å². The fraction of sp³-hybridized carbons (Fsp3) is 0.857. The molecule has 1 rings (SSSR count). The number of carbonyl (C=O) groups is 1. The van der Waals surface area contributed by atoms with Gasteiger partial charge in [-0.1, -0.05) is 0 Å². The fourth-order valence-corrected chi connectivity index (χ4v) is 1.27. The summed E-state index contributed by atoms with van der Waals surface area (Å²) in [6.45, 7) is 0.717. The molecule has 1 saturated heterocycles. The maximum atomic E-state index is 11.0. The third-order valence-electron chi connectivity index (χ3n) is 2.11. The Bertz CT molecular complexity index is 184. The molecular weight excluding hydrogens is 162 g/mol. The zero-order chi connectivity index (χ0) is 9.19. The minimum Gasteiger partial charge on any atom is -0.467 e. The number of carbonyl (C=O) groups excluding carboxylic acids is 1. The Hall–Kier alpha value is -0.650. The molecule has 0 aromatic carbocycles. The standard InChI is InChI=1S/C7H13NO4/c1-12-6(10)7(11)2-3-8-4-5(7)9/h5,8-9,11H,2-4H2,1H3/t5-,7+/m1/s1. The van der Waals surface area contributed by atoms with Gasteiger partial charge in [0.2, 0.25) is 0 Å². The molecule has 3 N–H and O–H groups in total. The van der Waals surface area contributed by atoms with Gasteiger partial charge in [-0.25, -0.2) is 4.79 Å². The van der Waals surface area contributed by atoms with E-state index in [2.05, 4.69) is 10.1 Å². The zero-order valence-corrected chi connectivity index (χ0v) is 6.91. The Morgan fingerprint density at radius 1 is 1.75 bits per heavy atom. The van der Waals surface area contributed by atoms with Gasteiger partial charge in [0, 0.05) is 13.0 Å². The Balaban J connectivity index is 2.72. The molecule has 0 unspecified atom stereocenters. The number of hydrogen-bond donors (Lipinski definition) is 3. The molecule has 1 fully saturated rings. The lowest BCUT2D eigenvalue weighted by molar-refractivity contribution is -0.178. The van der Waals surface area contributed by atoms with Crippen LogP contribution in [0, 0.1) is 0 Å². The summed E-state index contributed by atoms with van der Waals surface area (Å²) >= 11 is 0. The first kappa shape index (κ1) is 9.44. The van der Waals surface area contributed by atoms with Crippen molar-refractivity contribution in [2.24, 2.45) is 0 Å². The number of ether oxygens (including phenoxy) is 1. The minimum atomic E-state index is -1.72. The van der Waals surface area contributed by atoms with Gasteiger partial charge < -0.3 is 20.3 Å². The number of aliphatic hydroxyl groups excluding tert-OH is 1. The second-order valence-electron chi connectivity index (χ2n) is 2.89. The smallest absolute Gasteiger partial charge is 0.340 e. The van der Waals surface area contributed by atoms with Gasteiger partial charge in [0.15, 0.2) is 5.60 Å². The number of piperidine rings is 1. The van der Waals surface area contributed by atoms with Crippen molar-refractivity contribution in [3.05, 3.63) is 0 Å². The van der Waals surface area contributed by atoms with Crippen LogP contribution < -0.4 is 5.32 Å². The summed E-state index contributed by atoms with van der Waals surface area (Å²) in [6.07, 6.45) is -0.903. The largest absolute Gasteiger partial charge is 0.467 e. The van der Waals surface area contributed by atoms with Crippen LogP contribution in [0.25, 0.3) is 0 Å². The summed E-state index contributed by atoms with van der Waals surface area (Å²) in [6, 6.07) is 0. The summed E-state index contributed by atoms with van der Waals surface area (Å²) in [5, 5.41) is 21.8. The van der Waals surface area contributed by atoms with Gasteiger partial charge >= 0.3 is 5.97 Å². The highest BCUT2D eigenvalue weighted by Crippen LogP contribution is 2.19. The molecule has 1 aliphatic rings. The van der Waals surface area contributed by atoms with Crippen molar-refractivity contribution >= 4 is 5.97 Å². The maximum absolute atomic E-state index is 11.0. The SMILES string of the molecule is COC(=O)[C@]1(O)CCNC[C@H]1O. The minimum absolute atomic E-state index is 0.181. The normalized spacial score (nSPS) is 36.1. The summed E-state index contributed by atoms with van der Waals surface area (Å²) in [4.78, 5) is 11.0. The summed E-state index contributed by atoms with van der Waals surface area (Å²) < 4.78 is 4.39. The molecule has 70 valence electrons. The van der Waals surface area contributed by atoms with Crippen molar-refractivity contribution in [1.82, 2.24) is 5.32 Å². The highest BCUT2D eigenvalue weighted by Gasteiger charge is 2.45. The Morgan fingerprint density at radius 3 is 2.92 bits per heavy atom. The highest BCUT2D eigenvalue weighted by atomic mass is 16.5. The molecule has 2 atom stereocenters. The molecule has 0 amide bonds. The van der Waals surface area contributed by atoms with E-state index in [-0.39, 0.29) is 13.0 Å². The number of hydrogen-bond acceptors (Lipinski definition) is 5. The van der Waals surface area contributed by atoms with Crippen LogP contribution in [0.15, 0.2) is 0 Å². The first-order valence-corrected chi connectivity index (χ1v) is 3.81. The average Bonchev–Trinajstić information content (AvgIpc) is 2.09. The summed E-state index contributed by atoms with van der Waals surface area (Å²) in [5.74, 6) is -0.767. The molecule has 0 bridgehead atoms. The van der Waals surface area contributed by atoms with E-state index in [9.17, 15) is 15.0 Å². The van der Waals surface area contributed by atoms with E-state index in [0.29, 0.717) is 6.54 Å². The second-order valence-corrected chi connectivity index (χ2v) is 2.89. The fourth-order valence-electron chi connectivity index (χ4n) is 1.27. The van der Waals surface area contributed by atoms with E-state index in [1.54, 1.807) is 0 Å². The van der Waals surface area contributed by atoms with Crippen molar-refractivity contribution in [2.45, 2.75) is 18.1 Å². The monoisotopic (exact) mass is 175 g/mol. The van der Waals surface area contributed by atoms with Crippen molar-refractivity contribution < 1.29 is 19.7 Å². The van der Waals surface area contributed by atoms with Crippen LogP contribution in [0.4, 0.5) is 0 Å². The lowest BCUT2D eigenvalue weighted by atomic mass is 9.90. The molecule has 0 radical (unpaired) electrons. The number of β-amino-alcohol motifs (C(OH)–C–C–N with tert-alkyl or cyclic N) is 1. The predicted molar refractivity (Wildman–Crippen MR) is 40.5 cm³/mol. The topological polar surface area (TPSA) is 78.8 Å². The summed E-state index contributed by atoms with van der Waals surface area (Å²) in [7, 11) is 1.19. The molecular formula is C7H13NO4. The van der Waals surface area contributed by atoms with Gasteiger partial charge in [-0.3, -0.25) is 0 Å². The van der Waals surface area contributed by atoms with E-state index in [1.165, 1.54) is 7.11 Å². The van der Waals surface area contributed by atoms with E-state index in [4.69, 9.17) is 0 Å². The van der Waals surface area contributed by atoms with E-state index in [0.717, 1.165) is 0 Å². The van der Waals surface area contributed by atoms with Gasteiger partial charge in [0.05, 0.1) is 7.11 Å². The maximum Gasteiger partial charge on any atom is 0.340 e. The van der Waals surface area contributed by atoms with Gasteiger partial charge in [-0.2, -0.15) is 0 Å². The summed E-state index contributed by atoms with van der Waals surface area (Å²) in [5.41, 5.74) is -1.72. The third kappa shape index (κ3) is 1.43. The third-order valence-corrected chi connectivity index (χ3v) is 2.11. The second kappa shape index (κ2) is 3.38. The van der Waals surface area contributed by atoms with Gasteiger partial charge in [0.1, 0.15) is 6.10 Å².